The maximum absolute atomic E-state index is 13.3. The number of sulfonamides is 1. The molecule has 34 heavy (non-hydrogen) atoms. The molecule has 0 saturated carbocycles. The molecule has 1 aromatic heterocycles. The second-order valence-electron chi connectivity index (χ2n) is 8.75. The maximum Gasteiger partial charge on any atom is 0.257 e. The van der Waals surface area contributed by atoms with Gasteiger partial charge in [0.25, 0.3) is 5.91 Å². The highest BCUT2D eigenvalue weighted by Crippen LogP contribution is 2.25. The molecule has 0 spiro atoms. The number of nitrogens with one attached hydrogen (secondary N) is 1. The molecule has 1 aliphatic rings. The molecule has 2 aromatic carbocycles. The van der Waals surface area contributed by atoms with Crippen molar-refractivity contribution in [3.63, 3.8) is 0 Å². The minimum absolute atomic E-state index is 0.0355. The van der Waals surface area contributed by atoms with Gasteiger partial charge < -0.3 is 9.88 Å². The van der Waals surface area contributed by atoms with Gasteiger partial charge in [-0.25, -0.2) is 8.42 Å². The lowest BCUT2D eigenvalue weighted by molar-refractivity contribution is 0.0949. The Kier molecular flexibility index (Phi) is 7.00. The third kappa shape index (κ3) is 4.83. The first kappa shape index (κ1) is 23.9. The number of pyridine rings is 1. The van der Waals surface area contributed by atoms with Gasteiger partial charge in [-0.15, -0.1) is 6.58 Å². The molecule has 0 atom stereocenters. The molecule has 0 unspecified atom stereocenters. The minimum Gasteiger partial charge on any atom is -0.348 e. The summed E-state index contributed by atoms with van der Waals surface area (Å²) >= 11 is 0. The molecule has 0 radical (unpaired) electrons. The van der Waals surface area contributed by atoms with Crippen LogP contribution in [0.15, 0.2) is 77.1 Å². The van der Waals surface area contributed by atoms with E-state index in [1.165, 1.54) is 22.6 Å². The molecule has 0 aliphatic carbocycles. The lowest BCUT2D eigenvalue weighted by Gasteiger charge is -2.29. The Morgan fingerprint density at radius 1 is 1.15 bits per heavy atom. The van der Waals surface area contributed by atoms with Crippen molar-refractivity contribution in [3.8, 4) is 0 Å². The van der Waals surface area contributed by atoms with Crippen LogP contribution in [0.4, 0.5) is 0 Å². The van der Waals surface area contributed by atoms with Crippen molar-refractivity contribution in [1.29, 1.82) is 0 Å². The normalized spacial score (nSPS) is 15.3. The number of hydrogen-bond acceptors (Lipinski definition) is 4. The van der Waals surface area contributed by atoms with E-state index < -0.39 is 21.4 Å². The molecule has 1 fully saturated rings. The fraction of sp³-hybridized carbons (Fsp3) is 0.308. The summed E-state index contributed by atoms with van der Waals surface area (Å²) in [7, 11) is -3.73. The average molecular weight is 480 g/mol. The molecule has 2 heterocycles. The van der Waals surface area contributed by atoms with Gasteiger partial charge in [-0.3, -0.25) is 9.59 Å². The molecule has 0 bridgehead atoms. The Balaban J connectivity index is 1.73. The SMILES string of the molecule is C=CCn1cc(C(=O)NCc2ccccc2)c(=O)c2cc(S(=O)(=O)N3CCC(C)CC3)ccc21. The summed E-state index contributed by atoms with van der Waals surface area (Å²) in [4.78, 5) is 26.3. The van der Waals surface area contributed by atoms with Gasteiger partial charge >= 0.3 is 0 Å². The van der Waals surface area contributed by atoms with Crippen LogP contribution in [0.5, 0.6) is 0 Å². The molecule has 178 valence electrons. The highest BCUT2D eigenvalue weighted by molar-refractivity contribution is 7.89. The van der Waals surface area contributed by atoms with E-state index in [0.29, 0.717) is 31.1 Å². The van der Waals surface area contributed by atoms with Crippen molar-refractivity contribution in [2.24, 2.45) is 5.92 Å². The van der Waals surface area contributed by atoms with E-state index in [-0.39, 0.29) is 22.4 Å². The van der Waals surface area contributed by atoms with Crippen molar-refractivity contribution in [1.82, 2.24) is 14.2 Å². The van der Waals surface area contributed by atoms with Gasteiger partial charge in [-0.05, 0) is 42.5 Å². The number of allylic oxidation sites excluding steroid dienone is 1. The Hall–Kier alpha value is -3.23. The zero-order valence-electron chi connectivity index (χ0n) is 19.2. The molecule has 1 N–H and O–H groups in total. The predicted octanol–water partition coefficient (Wildman–Crippen LogP) is 3.54. The van der Waals surface area contributed by atoms with Crippen molar-refractivity contribution in [3.05, 3.63) is 88.7 Å². The number of piperidine rings is 1. The van der Waals surface area contributed by atoms with Gasteiger partial charge in [0, 0.05) is 37.8 Å². The van der Waals surface area contributed by atoms with E-state index in [4.69, 9.17) is 0 Å². The predicted molar refractivity (Wildman–Crippen MR) is 133 cm³/mol. The average Bonchev–Trinajstić information content (AvgIpc) is 2.85. The minimum atomic E-state index is -3.73. The summed E-state index contributed by atoms with van der Waals surface area (Å²) in [5.74, 6) is -0.0158. The number of carbonyl (C=O) groups excluding carboxylic acids is 1. The standard InChI is InChI=1S/C26H29N3O4S/c1-3-13-28-18-23(26(31)27-17-20-7-5-4-6-8-20)25(30)22-16-21(9-10-24(22)28)34(32,33)29-14-11-19(2)12-15-29/h3-10,16,18-19H,1,11-15,17H2,2H3,(H,27,31). The summed E-state index contributed by atoms with van der Waals surface area (Å²) in [5, 5.41) is 2.98. The van der Waals surface area contributed by atoms with Crippen LogP contribution in [0, 0.1) is 5.92 Å². The van der Waals surface area contributed by atoms with E-state index in [1.54, 1.807) is 16.7 Å². The summed E-state index contributed by atoms with van der Waals surface area (Å²) in [5.41, 5.74) is 0.930. The van der Waals surface area contributed by atoms with Crippen molar-refractivity contribution < 1.29 is 13.2 Å². The van der Waals surface area contributed by atoms with E-state index in [9.17, 15) is 18.0 Å². The smallest absolute Gasteiger partial charge is 0.257 e. The third-order valence-electron chi connectivity index (χ3n) is 6.30. The van der Waals surface area contributed by atoms with Gasteiger partial charge in [0.05, 0.1) is 10.4 Å². The molecule has 1 saturated heterocycles. The van der Waals surface area contributed by atoms with Crippen LogP contribution < -0.4 is 10.7 Å². The quantitative estimate of drug-likeness (QED) is 0.525. The molecular formula is C26H29N3O4S. The highest BCUT2D eigenvalue weighted by Gasteiger charge is 2.28. The molecule has 7 nitrogen and oxygen atoms in total. The van der Waals surface area contributed by atoms with Crippen LogP contribution in [-0.2, 0) is 23.1 Å². The summed E-state index contributed by atoms with van der Waals surface area (Å²) < 4.78 is 29.7. The highest BCUT2D eigenvalue weighted by atomic mass is 32.2. The Bertz CT molecular complexity index is 1370. The second kappa shape index (κ2) is 9.95. The van der Waals surface area contributed by atoms with E-state index in [0.717, 1.165) is 18.4 Å². The number of rotatable bonds is 7. The van der Waals surface area contributed by atoms with Gasteiger partial charge in [0.1, 0.15) is 5.56 Å². The third-order valence-corrected chi connectivity index (χ3v) is 8.19. The van der Waals surface area contributed by atoms with Gasteiger partial charge in [0.15, 0.2) is 0 Å². The Morgan fingerprint density at radius 3 is 2.53 bits per heavy atom. The van der Waals surface area contributed by atoms with Crippen LogP contribution in [-0.4, -0.2) is 36.3 Å². The lowest BCUT2D eigenvalue weighted by Crippen LogP contribution is -2.38. The fourth-order valence-electron chi connectivity index (χ4n) is 4.24. The topological polar surface area (TPSA) is 88.5 Å². The van der Waals surface area contributed by atoms with E-state index >= 15 is 0 Å². The molecule has 8 heteroatoms. The number of carbonyl (C=O) groups is 1. The first-order valence-corrected chi connectivity index (χ1v) is 12.9. The number of hydrogen-bond donors (Lipinski definition) is 1. The first-order chi connectivity index (χ1) is 16.3. The molecule has 1 aliphatic heterocycles. The van der Waals surface area contributed by atoms with Gasteiger partial charge in [-0.2, -0.15) is 4.31 Å². The monoisotopic (exact) mass is 479 g/mol. The Morgan fingerprint density at radius 2 is 1.85 bits per heavy atom. The summed E-state index contributed by atoms with van der Waals surface area (Å²) in [6, 6.07) is 14.0. The van der Waals surface area contributed by atoms with Gasteiger partial charge in [-0.1, -0.05) is 43.3 Å². The number of amides is 1. The van der Waals surface area contributed by atoms with Crippen LogP contribution in [0.25, 0.3) is 10.9 Å². The number of aromatic nitrogens is 1. The zero-order chi connectivity index (χ0) is 24.3. The number of benzene rings is 2. The fourth-order valence-corrected chi connectivity index (χ4v) is 5.73. The zero-order valence-corrected chi connectivity index (χ0v) is 20.1. The molecule has 4 rings (SSSR count). The van der Waals surface area contributed by atoms with Crippen molar-refractivity contribution in [2.45, 2.75) is 37.8 Å². The maximum atomic E-state index is 13.3. The largest absolute Gasteiger partial charge is 0.348 e. The molecule has 3 aromatic rings. The molecule has 1 amide bonds. The van der Waals surface area contributed by atoms with Crippen molar-refractivity contribution in [2.75, 3.05) is 13.1 Å². The summed E-state index contributed by atoms with van der Waals surface area (Å²) in [6.07, 6.45) is 4.79. The van der Waals surface area contributed by atoms with Crippen LogP contribution in [0.1, 0.15) is 35.7 Å². The van der Waals surface area contributed by atoms with Gasteiger partial charge in [0.2, 0.25) is 15.5 Å². The number of nitrogens with zero attached hydrogens (tertiary/aromatic N) is 2. The van der Waals surface area contributed by atoms with Crippen LogP contribution >= 0.6 is 0 Å². The van der Waals surface area contributed by atoms with Crippen LogP contribution in [0.3, 0.4) is 0 Å². The lowest BCUT2D eigenvalue weighted by atomic mass is 10.0. The Labute approximate surface area is 199 Å². The number of fused-ring (bicyclic) bond motifs is 1. The first-order valence-electron chi connectivity index (χ1n) is 11.4. The second-order valence-corrected chi connectivity index (χ2v) is 10.7. The van der Waals surface area contributed by atoms with E-state index in [2.05, 4.69) is 18.8 Å². The van der Waals surface area contributed by atoms with Crippen molar-refractivity contribution >= 4 is 26.8 Å². The van der Waals surface area contributed by atoms with Crippen LogP contribution in [0.2, 0.25) is 0 Å². The van der Waals surface area contributed by atoms with E-state index in [1.807, 2.05) is 30.3 Å². The molecular weight excluding hydrogens is 450 g/mol. The summed E-state index contributed by atoms with van der Waals surface area (Å²) in [6.45, 7) is 7.45.